The van der Waals surface area contributed by atoms with Crippen molar-refractivity contribution in [3.63, 3.8) is 0 Å². The van der Waals surface area contributed by atoms with Crippen molar-refractivity contribution in [2.24, 2.45) is 5.73 Å². The molecule has 0 heterocycles. The smallest absolute Gasteiger partial charge is 0.394 e. The topological polar surface area (TPSA) is 26.0 Å². The van der Waals surface area contributed by atoms with Crippen LogP contribution < -0.4 is 5.73 Å². The maximum Gasteiger partial charge on any atom is 0.431 e. The third-order valence-corrected chi connectivity index (χ3v) is 2.92. The van der Waals surface area contributed by atoms with Crippen LogP contribution in [0.4, 0.5) is 13.2 Å². The average Bonchev–Trinajstić information content (AvgIpc) is 2.11. The van der Waals surface area contributed by atoms with Gasteiger partial charge in [0, 0.05) is 4.91 Å². The van der Waals surface area contributed by atoms with Gasteiger partial charge in [0.25, 0.3) is 0 Å². The van der Waals surface area contributed by atoms with Crippen molar-refractivity contribution < 1.29 is 13.2 Å². The lowest BCUT2D eigenvalue weighted by atomic mass is 10.3. The van der Waals surface area contributed by atoms with Crippen LogP contribution in [0.5, 0.6) is 0 Å². The predicted octanol–water partition coefficient (Wildman–Crippen LogP) is 3.79. The second kappa shape index (κ2) is 5.34. The summed E-state index contributed by atoms with van der Waals surface area (Å²) in [5.74, 6) is 0. The van der Waals surface area contributed by atoms with Crippen molar-refractivity contribution in [3.8, 4) is 0 Å². The maximum absolute atomic E-state index is 12.2. The summed E-state index contributed by atoms with van der Waals surface area (Å²) in [7, 11) is 0. The van der Waals surface area contributed by atoms with E-state index in [0.29, 0.717) is 11.3 Å². The molecule has 0 amide bonds. The van der Waals surface area contributed by atoms with E-state index in [-0.39, 0.29) is 11.3 Å². The van der Waals surface area contributed by atoms with Gasteiger partial charge in [0.15, 0.2) is 0 Å². The zero-order valence-corrected chi connectivity index (χ0v) is 9.06. The molecule has 0 aromatic carbocycles. The molecule has 0 fully saturated rings. The highest BCUT2D eigenvalue weighted by Gasteiger charge is 2.33. The lowest BCUT2D eigenvalue weighted by Crippen LogP contribution is -2.21. The maximum atomic E-state index is 12.2. The molecule has 0 saturated heterocycles. The highest BCUT2D eigenvalue weighted by molar-refractivity contribution is 8.06. The first kappa shape index (κ1) is 13.4. The summed E-state index contributed by atoms with van der Waals surface area (Å²) in [5, 5.41) is 0. The number of hydrogen-bond donors (Lipinski definition) is 1. The molecule has 0 aromatic heterocycles. The summed E-state index contributed by atoms with van der Waals surface area (Å²) in [6.07, 6.45) is -3.53. The molecule has 0 radical (unpaired) electrons. The van der Waals surface area contributed by atoms with Crippen LogP contribution in [0.25, 0.3) is 0 Å². The summed E-state index contributed by atoms with van der Waals surface area (Å²) in [5.41, 5.74) is 4.00. The Kier molecular flexibility index (Phi) is 5.12. The van der Waals surface area contributed by atoms with Crippen molar-refractivity contribution in [1.29, 1.82) is 0 Å². The fraction of sp³-hybridized carbons (Fsp3) is 0.556. The van der Waals surface area contributed by atoms with Gasteiger partial charge in [0.05, 0.1) is 0 Å². The molecule has 0 bridgehead atoms. The van der Waals surface area contributed by atoms with Crippen LogP contribution in [0.2, 0.25) is 0 Å². The van der Waals surface area contributed by atoms with Crippen molar-refractivity contribution >= 4 is 11.8 Å². The molecule has 1 nitrogen and oxygen atoms in total. The minimum Gasteiger partial charge on any atom is -0.394 e. The Hall–Kier alpha value is -0.580. The minimum absolute atomic E-state index is 0.143. The van der Waals surface area contributed by atoms with Gasteiger partial charge in [-0.15, -0.1) is 0 Å². The Morgan fingerprint density at radius 3 is 2.07 bits per heavy atom. The molecular formula is C9H14F3NS. The van der Waals surface area contributed by atoms with Gasteiger partial charge in [0.1, 0.15) is 5.70 Å². The minimum atomic E-state index is -4.44. The van der Waals surface area contributed by atoms with E-state index in [0.717, 1.165) is 11.8 Å². The van der Waals surface area contributed by atoms with E-state index in [1.165, 1.54) is 0 Å². The van der Waals surface area contributed by atoms with E-state index in [2.05, 4.69) is 6.58 Å². The van der Waals surface area contributed by atoms with Gasteiger partial charge in [-0.2, -0.15) is 13.2 Å². The summed E-state index contributed by atoms with van der Waals surface area (Å²) in [6.45, 7) is 7.11. The van der Waals surface area contributed by atoms with E-state index in [1.54, 1.807) is 6.92 Å². The Morgan fingerprint density at radius 2 is 1.79 bits per heavy atom. The second-order valence-electron chi connectivity index (χ2n) is 2.68. The monoisotopic (exact) mass is 225 g/mol. The SMILES string of the molecule is C=C(CC)S/C(CC)=C(\N)C(F)(F)F. The summed E-state index contributed by atoms with van der Waals surface area (Å²) < 4.78 is 36.6. The van der Waals surface area contributed by atoms with Gasteiger partial charge >= 0.3 is 6.18 Å². The van der Waals surface area contributed by atoms with Gasteiger partial charge < -0.3 is 5.73 Å². The van der Waals surface area contributed by atoms with Crippen LogP contribution in [0.15, 0.2) is 22.1 Å². The molecule has 0 aliphatic carbocycles. The quantitative estimate of drug-likeness (QED) is 0.787. The van der Waals surface area contributed by atoms with Crippen molar-refractivity contribution in [1.82, 2.24) is 0 Å². The highest BCUT2D eigenvalue weighted by Crippen LogP contribution is 2.35. The van der Waals surface area contributed by atoms with E-state index in [4.69, 9.17) is 5.73 Å². The van der Waals surface area contributed by atoms with Crippen LogP contribution in [-0.2, 0) is 0 Å². The zero-order valence-electron chi connectivity index (χ0n) is 8.24. The number of hydrogen-bond acceptors (Lipinski definition) is 2. The molecule has 2 N–H and O–H groups in total. The van der Waals surface area contributed by atoms with Gasteiger partial charge in [-0.05, 0) is 17.7 Å². The van der Waals surface area contributed by atoms with E-state index in [9.17, 15) is 13.2 Å². The molecule has 0 aromatic rings. The summed E-state index contributed by atoms with van der Waals surface area (Å²) >= 11 is 1.02. The number of rotatable bonds is 4. The molecular weight excluding hydrogens is 211 g/mol. The molecule has 5 heteroatoms. The fourth-order valence-corrected chi connectivity index (χ4v) is 1.58. The first-order valence-electron chi connectivity index (χ1n) is 4.24. The van der Waals surface area contributed by atoms with Gasteiger partial charge in [-0.25, -0.2) is 0 Å². The second-order valence-corrected chi connectivity index (χ2v) is 3.96. The molecule has 0 rings (SSSR count). The Bertz CT molecular complexity index is 243. The first-order valence-corrected chi connectivity index (χ1v) is 5.06. The fourth-order valence-electron chi connectivity index (χ4n) is 0.722. The van der Waals surface area contributed by atoms with E-state index >= 15 is 0 Å². The molecule has 14 heavy (non-hydrogen) atoms. The van der Waals surface area contributed by atoms with Gasteiger partial charge in [0.2, 0.25) is 0 Å². The largest absolute Gasteiger partial charge is 0.431 e. The molecule has 0 saturated carbocycles. The van der Waals surface area contributed by atoms with Crippen LogP contribution in [-0.4, -0.2) is 6.18 Å². The lowest BCUT2D eigenvalue weighted by molar-refractivity contribution is -0.0931. The molecule has 0 aliphatic rings. The van der Waals surface area contributed by atoms with Gasteiger partial charge in [-0.1, -0.05) is 32.2 Å². The van der Waals surface area contributed by atoms with Crippen molar-refractivity contribution in [3.05, 3.63) is 22.1 Å². The molecule has 82 valence electrons. The number of thioether (sulfide) groups is 1. The zero-order chi connectivity index (χ0) is 11.4. The number of halogens is 3. The van der Waals surface area contributed by atoms with Crippen LogP contribution in [0.1, 0.15) is 26.7 Å². The van der Waals surface area contributed by atoms with Crippen LogP contribution in [0, 0.1) is 0 Å². The predicted molar refractivity (Wildman–Crippen MR) is 54.6 cm³/mol. The molecule has 0 atom stereocenters. The highest BCUT2D eigenvalue weighted by atomic mass is 32.2. The number of nitrogens with two attached hydrogens (primary N) is 1. The van der Waals surface area contributed by atoms with Crippen molar-refractivity contribution in [2.75, 3.05) is 0 Å². The number of allylic oxidation sites excluding steroid dienone is 3. The first-order chi connectivity index (χ1) is 6.32. The standard InChI is InChI=1S/C9H14F3NS/c1-4-6(3)14-7(5-2)8(13)9(10,11)12/h3-5,13H2,1-2H3/b8-7-. The van der Waals surface area contributed by atoms with Crippen LogP contribution in [0.3, 0.4) is 0 Å². The van der Waals surface area contributed by atoms with Gasteiger partial charge in [-0.3, -0.25) is 0 Å². The third-order valence-electron chi connectivity index (χ3n) is 1.59. The molecule has 0 unspecified atom stereocenters. The number of alkyl halides is 3. The van der Waals surface area contributed by atoms with Crippen LogP contribution >= 0.6 is 11.8 Å². The van der Waals surface area contributed by atoms with Crippen molar-refractivity contribution in [2.45, 2.75) is 32.9 Å². The summed E-state index contributed by atoms with van der Waals surface area (Å²) in [6, 6.07) is 0. The normalized spacial score (nSPS) is 13.8. The summed E-state index contributed by atoms with van der Waals surface area (Å²) in [4.78, 5) is 0.832. The third kappa shape index (κ3) is 4.09. The molecule has 0 aliphatic heterocycles. The van der Waals surface area contributed by atoms with E-state index < -0.39 is 11.9 Å². The van der Waals surface area contributed by atoms with E-state index in [1.807, 2.05) is 6.92 Å². The molecule has 0 spiro atoms. The Morgan fingerprint density at radius 1 is 1.29 bits per heavy atom. The Balaban J connectivity index is 4.77. The Labute approximate surface area is 86.2 Å². The average molecular weight is 225 g/mol. The lowest BCUT2D eigenvalue weighted by Gasteiger charge is -2.13.